The van der Waals surface area contributed by atoms with Gasteiger partial charge in [-0.1, -0.05) is 77.0 Å². The second kappa shape index (κ2) is 15.8. The molecule has 3 aromatic carbocycles. The van der Waals surface area contributed by atoms with Gasteiger partial charge in [0.2, 0.25) is 7.57 Å². The van der Waals surface area contributed by atoms with Gasteiger partial charge in [0.1, 0.15) is 5.16 Å². The van der Waals surface area contributed by atoms with Crippen molar-refractivity contribution in [2.24, 2.45) is 0 Å². The van der Waals surface area contributed by atoms with Crippen LogP contribution in [-0.4, -0.2) is 21.9 Å². The van der Waals surface area contributed by atoms with Crippen molar-refractivity contribution >= 4 is 19.4 Å². The SMILES string of the molecule is CC(C)(C)[P+]1(F)[C](c2ccccc2)[CH][C](N2C(=O)c3ccccc3C2=O)[CH][C]1c1ccccc1.[C-]#[O+].[C-]#[O+].[C-]#[O+].[Cr]. The number of imide groups is 1. The van der Waals surface area contributed by atoms with Crippen LogP contribution >= 0.6 is 7.57 Å². The van der Waals surface area contributed by atoms with E-state index in [0.717, 1.165) is 11.1 Å². The average molecular weight is 606 g/mol. The summed E-state index contributed by atoms with van der Waals surface area (Å²) in [5.41, 5.74) is 3.31. The number of nitrogens with zero attached hydrogens (tertiary/aromatic N) is 1. The number of amides is 2. The summed E-state index contributed by atoms with van der Waals surface area (Å²) in [6.45, 7) is 19.3. The quantitative estimate of drug-likeness (QED) is 0.139. The molecule has 0 spiro atoms. The number of carbonyl (C=O) groups is 2. The third-order valence-electron chi connectivity index (χ3n) is 6.35. The maximum absolute atomic E-state index is 17.7. The summed E-state index contributed by atoms with van der Waals surface area (Å²) >= 11 is 0. The maximum atomic E-state index is 17.7. The molecule has 0 N–H and O–H groups in total. The fraction of sp³-hybridized carbons (Fsp3) is 0.125. The Balaban J connectivity index is 0.00000113. The van der Waals surface area contributed by atoms with Gasteiger partial charge in [-0.2, -0.15) is 0 Å². The van der Waals surface area contributed by atoms with Crippen LogP contribution in [0.1, 0.15) is 52.6 Å². The minimum atomic E-state index is -3.45. The van der Waals surface area contributed by atoms with E-state index in [1.54, 1.807) is 37.1 Å². The van der Waals surface area contributed by atoms with Gasteiger partial charge < -0.3 is 0 Å². The van der Waals surface area contributed by atoms with E-state index in [2.05, 4.69) is 20.0 Å². The number of benzene rings is 3. The first-order valence-corrected chi connectivity index (χ1v) is 13.5. The predicted molar refractivity (Wildman–Crippen MR) is 146 cm³/mol. The number of hydrogen-bond acceptors (Lipinski definition) is 2. The summed E-state index contributed by atoms with van der Waals surface area (Å²) in [5, 5.41) is -0.704. The number of carbonyl (C=O) groups excluding carboxylic acids is 2. The van der Waals surface area contributed by atoms with Crippen LogP contribution in [0.5, 0.6) is 0 Å². The molecule has 5 rings (SSSR count). The van der Waals surface area contributed by atoms with E-state index in [-0.39, 0.29) is 29.2 Å². The van der Waals surface area contributed by atoms with Gasteiger partial charge >= 0.3 is 33.9 Å². The van der Waals surface area contributed by atoms with E-state index in [4.69, 9.17) is 14.0 Å². The molecule has 2 aliphatic rings. The van der Waals surface area contributed by atoms with Crippen molar-refractivity contribution in [1.29, 1.82) is 0 Å². The van der Waals surface area contributed by atoms with Gasteiger partial charge in [-0.05, 0) is 32.9 Å². The molecule has 0 bridgehead atoms. The molecule has 9 heteroatoms. The van der Waals surface area contributed by atoms with Gasteiger partial charge in [0.25, 0.3) is 11.8 Å². The van der Waals surface area contributed by atoms with Gasteiger partial charge in [-0.25, -0.2) is 0 Å². The normalized spacial score (nSPS) is 16.3. The number of halogens is 1. The molecule has 0 atom stereocenters. The molecular weight excluding hydrogens is 580 g/mol. The molecule has 2 heterocycles. The summed E-state index contributed by atoms with van der Waals surface area (Å²) in [5.74, 6) is -0.772. The van der Waals surface area contributed by atoms with Crippen molar-refractivity contribution < 1.29 is 45.1 Å². The standard InChI is InChI=1S/C29H25FNO2P.3CO.Cr/c1-29(2,3)34(30)25(20-12-6-4-7-13-20)18-22(19-26(34)21-14-8-5-9-15-21)31-27(32)23-16-10-11-17-24(23)28(31)33;3*1-2;/h4-19H,1-3H3;;;;/q+1;;;;. The van der Waals surface area contributed by atoms with Crippen LogP contribution in [0.3, 0.4) is 0 Å². The van der Waals surface area contributed by atoms with Crippen LogP contribution < -0.4 is 0 Å². The van der Waals surface area contributed by atoms with Crippen molar-refractivity contribution in [3.63, 3.8) is 0 Å². The minimum Gasteiger partial charge on any atom is 0 e. The fourth-order valence-corrected chi connectivity index (χ4v) is 7.98. The first kappa shape index (κ1) is 35.9. The monoisotopic (exact) mass is 605 g/mol. The molecular formula is C32H25CrFNO5P+. The zero-order valence-corrected chi connectivity index (χ0v) is 24.6. The Hall–Kier alpha value is -3.09. The second-order valence-electron chi connectivity index (χ2n) is 9.47. The zero-order valence-electron chi connectivity index (χ0n) is 22.5. The van der Waals surface area contributed by atoms with Crippen LogP contribution in [0.4, 0.5) is 4.20 Å². The Morgan fingerprint density at radius 2 is 0.951 bits per heavy atom. The Kier molecular flexibility index (Phi) is 13.8. The molecule has 3 aromatic rings. The van der Waals surface area contributed by atoms with Gasteiger partial charge in [-0.15, -0.1) is 0 Å². The molecule has 2 aliphatic heterocycles. The van der Waals surface area contributed by atoms with Crippen LogP contribution in [0.2, 0.25) is 0 Å². The largest absolute Gasteiger partial charge is 0 e. The minimum absolute atomic E-state index is 0. The number of fused-ring (bicyclic) bond motifs is 1. The third kappa shape index (κ3) is 6.87. The summed E-state index contributed by atoms with van der Waals surface area (Å²) in [7, 11) is -3.45. The van der Waals surface area contributed by atoms with E-state index in [9.17, 15) is 9.59 Å². The van der Waals surface area contributed by atoms with Gasteiger partial charge in [-0.3, -0.25) is 14.5 Å². The van der Waals surface area contributed by atoms with Gasteiger partial charge in [0.05, 0.1) is 17.2 Å². The third-order valence-corrected chi connectivity index (χ3v) is 10.3. The molecule has 41 heavy (non-hydrogen) atoms. The van der Waals surface area contributed by atoms with E-state index in [1.165, 1.54) is 4.90 Å². The number of hydrogen-bond donors (Lipinski definition) is 0. The van der Waals surface area contributed by atoms with Gasteiger partial charge in [0, 0.05) is 41.3 Å². The molecule has 5 radical (unpaired) electrons. The maximum Gasteiger partial charge on any atom is 0 e. The van der Waals surface area contributed by atoms with E-state index in [0.29, 0.717) is 28.5 Å². The molecule has 6 nitrogen and oxygen atoms in total. The average Bonchev–Trinajstić information content (AvgIpc) is 3.26. The molecule has 0 aliphatic carbocycles. The molecule has 0 unspecified atom stereocenters. The molecule has 0 saturated carbocycles. The number of rotatable bonds is 3. The van der Waals surface area contributed by atoms with Crippen LogP contribution in [0.15, 0.2) is 84.9 Å². The van der Waals surface area contributed by atoms with Gasteiger partial charge in [0.15, 0.2) is 11.3 Å². The molecule has 2 amide bonds. The van der Waals surface area contributed by atoms with Crippen molar-refractivity contribution in [3.8, 4) is 0 Å². The summed E-state index contributed by atoms with van der Waals surface area (Å²) in [6, 6.07) is 26.1. The fourth-order valence-electron chi connectivity index (χ4n) is 4.65. The van der Waals surface area contributed by atoms with E-state index < -0.39 is 12.7 Å². The van der Waals surface area contributed by atoms with Crippen LogP contribution in [-0.2, 0) is 31.3 Å². The summed E-state index contributed by atoms with van der Waals surface area (Å²) < 4.78 is 40.2. The molecule has 0 aromatic heterocycles. The molecule has 1 fully saturated rings. The summed E-state index contributed by atoms with van der Waals surface area (Å²) in [4.78, 5) is 27.8. The topological polar surface area (TPSA) is 97.1 Å². The van der Waals surface area contributed by atoms with Crippen molar-refractivity contribution in [2.75, 3.05) is 0 Å². The Morgan fingerprint density at radius 3 is 1.27 bits per heavy atom. The molecule has 205 valence electrons. The van der Waals surface area contributed by atoms with Crippen LogP contribution in [0.25, 0.3) is 0 Å². The second-order valence-corrected chi connectivity index (χ2v) is 13.0. The van der Waals surface area contributed by atoms with Crippen molar-refractivity contribution in [1.82, 2.24) is 4.90 Å². The Bertz CT molecular complexity index is 1270. The Morgan fingerprint density at radius 1 is 0.634 bits per heavy atom. The summed E-state index contributed by atoms with van der Waals surface area (Å²) in [6.07, 6.45) is 3.42. The first-order chi connectivity index (χ1) is 19.2. The van der Waals surface area contributed by atoms with E-state index >= 15 is 4.20 Å². The predicted octanol–water partition coefficient (Wildman–Crippen LogP) is 6.98. The smallest absolute Gasteiger partial charge is 0 e. The first-order valence-electron chi connectivity index (χ1n) is 11.8. The van der Waals surface area contributed by atoms with Crippen LogP contribution in [0, 0.1) is 50.2 Å². The molecule has 1 saturated heterocycles. The van der Waals surface area contributed by atoms with E-state index in [1.807, 2.05) is 81.4 Å². The Labute approximate surface area is 252 Å². The van der Waals surface area contributed by atoms with Crippen molar-refractivity contribution in [3.05, 3.63) is 157 Å². The van der Waals surface area contributed by atoms with Crippen molar-refractivity contribution in [2.45, 2.75) is 25.9 Å². The zero-order chi connectivity index (χ0) is 30.1.